The summed E-state index contributed by atoms with van der Waals surface area (Å²) in [6, 6.07) is 14.9. The zero-order valence-electron chi connectivity index (χ0n) is 22.2. The molecular formula is C32H42N2O3. The molecule has 5 heteroatoms. The maximum absolute atomic E-state index is 12.5. The predicted molar refractivity (Wildman–Crippen MR) is 147 cm³/mol. The topological polar surface area (TPSA) is 56.2 Å². The molecule has 1 saturated heterocycles. The first-order valence-electron chi connectivity index (χ1n) is 14.3. The summed E-state index contributed by atoms with van der Waals surface area (Å²) >= 11 is 0. The molecule has 6 rings (SSSR count). The minimum Gasteiger partial charge on any atom is -0.504 e. The lowest BCUT2D eigenvalue weighted by Gasteiger charge is -2.64. The van der Waals surface area contributed by atoms with E-state index in [1.165, 1.54) is 36.8 Å². The Kier molecular flexibility index (Phi) is 6.58. The second-order valence-corrected chi connectivity index (χ2v) is 11.9. The number of aryl methyl sites for hydroxylation is 1. The van der Waals surface area contributed by atoms with Crippen LogP contribution in [0.15, 0.2) is 55.1 Å². The van der Waals surface area contributed by atoms with E-state index in [1.807, 2.05) is 6.08 Å². The molecule has 2 aliphatic heterocycles. The number of piperidine rings is 1. The van der Waals surface area contributed by atoms with Gasteiger partial charge in [-0.3, -0.25) is 9.80 Å². The van der Waals surface area contributed by atoms with Crippen LogP contribution in [-0.4, -0.2) is 70.5 Å². The van der Waals surface area contributed by atoms with E-state index in [2.05, 4.69) is 59.8 Å². The number of nitrogens with zero attached hydrogens (tertiary/aromatic N) is 2. The molecule has 4 aliphatic rings. The number of hydrogen-bond donors (Lipinski definition) is 2. The van der Waals surface area contributed by atoms with Crippen LogP contribution in [0.5, 0.6) is 11.5 Å². The summed E-state index contributed by atoms with van der Waals surface area (Å²) in [6.45, 7) is 6.73. The zero-order chi connectivity index (χ0) is 25.6. The maximum atomic E-state index is 12.5. The lowest BCUT2D eigenvalue weighted by molar-refractivity contribution is -0.197. The average molecular weight is 503 g/mol. The van der Waals surface area contributed by atoms with Gasteiger partial charge < -0.3 is 14.9 Å². The molecule has 2 heterocycles. The minimum atomic E-state index is -0.847. The Morgan fingerprint density at radius 2 is 1.92 bits per heavy atom. The van der Waals surface area contributed by atoms with Gasteiger partial charge >= 0.3 is 0 Å². The molecule has 37 heavy (non-hydrogen) atoms. The Morgan fingerprint density at radius 1 is 1.11 bits per heavy atom. The van der Waals surface area contributed by atoms with Crippen LogP contribution in [-0.2, 0) is 18.3 Å². The highest BCUT2D eigenvalue weighted by atomic mass is 16.5. The highest BCUT2D eigenvalue weighted by molar-refractivity contribution is 5.62. The Balaban J connectivity index is 1.18. The van der Waals surface area contributed by atoms with Crippen molar-refractivity contribution in [1.82, 2.24) is 9.80 Å². The number of unbranched alkanes of at least 4 members (excludes halogenated alkanes) is 3. The van der Waals surface area contributed by atoms with Crippen LogP contribution in [0.4, 0.5) is 0 Å². The fourth-order valence-corrected chi connectivity index (χ4v) is 8.29. The summed E-state index contributed by atoms with van der Waals surface area (Å²) in [5.41, 5.74) is 2.47. The molecule has 2 aromatic carbocycles. The molecule has 198 valence electrons. The van der Waals surface area contributed by atoms with Crippen LogP contribution in [0.25, 0.3) is 0 Å². The van der Waals surface area contributed by atoms with Gasteiger partial charge in [0.2, 0.25) is 0 Å². The number of aliphatic hydroxyl groups is 1. The molecule has 2 fully saturated rings. The molecule has 2 aromatic rings. The molecule has 2 aliphatic carbocycles. The second-order valence-electron chi connectivity index (χ2n) is 11.9. The van der Waals surface area contributed by atoms with Gasteiger partial charge in [-0.05, 0) is 82.3 Å². The van der Waals surface area contributed by atoms with E-state index in [-0.39, 0.29) is 23.9 Å². The predicted octanol–water partition coefficient (Wildman–Crippen LogP) is 4.84. The van der Waals surface area contributed by atoms with E-state index in [0.717, 1.165) is 57.3 Å². The van der Waals surface area contributed by atoms with Gasteiger partial charge in [0.15, 0.2) is 11.5 Å². The van der Waals surface area contributed by atoms with Crippen molar-refractivity contribution in [3.05, 3.63) is 71.8 Å². The van der Waals surface area contributed by atoms with Gasteiger partial charge in [0.25, 0.3) is 0 Å². The van der Waals surface area contributed by atoms with E-state index in [1.54, 1.807) is 6.07 Å². The zero-order valence-corrected chi connectivity index (χ0v) is 22.2. The Hall–Kier alpha value is -2.34. The summed E-state index contributed by atoms with van der Waals surface area (Å²) in [7, 11) is 2.23. The van der Waals surface area contributed by atoms with Crippen LogP contribution >= 0.6 is 0 Å². The smallest absolute Gasteiger partial charge is 0.165 e. The summed E-state index contributed by atoms with van der Waals surface area (Å²) < 4.78 is 6.71. The number of aromatic hydroxyl groups is 1. The highest BCUT2D eigenvalue weighted by Crippen LogP contribution is 2.65. The molecule has 1 spiro atoms. The Labute approximate surface area is 221 Å². The third-order valence-corrected chi connectivity index (χ3v) is 10.0. The van der Waals surface area contributed by atoms with Crippen molar-refractivity contribution < 1.29 is 14.9 Å². The summed E-state index contributed by atoms with van der Waals surface area (Å²) in [5.74, 6) is 0.856. The van der Waals surface area contributed by atoms with E-state index in [4.69, 9.17) is 4.74 Å². The first-order valence-corrected chi connectivity index (χ1v) is 14.3. The molecule has 2 N–H and O–H groups in total. The van der Waals surface area contributed by atoms with Crippen LogP contribution in [0.3, 0.4) is 0 Å². The molecule has 5 nitrogen and oxygen atoms in total. The lowest BCUT2D eigenvalue weighted by atomic mass is 9.48. The summed E-state index contributed by atoms with van der Waals surface area (Å²) in [6.07, 6.45) is 11.2. The monoisotopic (exact) mass is 502 g/mol. The Morgan fingerprint density at radius 3 is 2.73 bits per heavy atom. The second kappa shape index (κ2) is 9.76. The molecule has 0 aromatic heterocycles. The number of ether oxygens (including phenoxy) is 1. The van der Waals surface area contributed by atoms with Gasteiger partial charge in [-0.2, -0.15) is 0 Å². The molecule has 1 saturated carbocycles. The average Bonchev–Trinajstić information content (AvgIpc) is 3.25. The van der Waals surface area contributed by atoms with Gasteiger partial charge in [0, 0.05) is 24.2 Å². The SMILES string of the molecule is C=CCN1CC[C@]23c4c5ccc(O)c4O[C@H]2[C@H](N(C)CCCCCCc2ccccc2)CC[C@@]3(O)[C@H]1C5. The molecule has 0 amide bonds. The molecule has 0 unspecified atom stereocenters. The molecular weight excluding hydrogens is 460 g/mol. The fourth-order valence-electron chi connectivity index (χ4n) is 8.29. The quantitative estimate of drug-likeness (QED) is 0.360. The molecule has 2 bridgehead atoms. The number of phenolic OH excluding ortho intramolecular Hbond substituents is 1. The fraction of sp³-hybridized carbons (Fsp3) is 0.562. The van der Waals surface area contributed by atoms with E-state index in [0.29, 0.717) is 5.75 Å². The first-order chi connectivity index (χ1) is 18.0. The Bertz CT molecular complexity index is 1140. The van der Waals surface area contributed by atoms with Crippen molar-refractivity contribution in [3.8, 4) is 11.5 Å². The van der Waals surface area contributed by atoms with Crippen LogP contribution in [0.2, 0.25) is 0 Å². The number of phenols is 1. The number of benzene rings is 2. The number of rotatable bonds is 10. The van der Waals surface area contributed by atoms with Crippen molar-refractivity contribution in [3.63, 3.8) is 0 Å². The van der Waals surface area contributed by atoms with Crippen molar-refractivity contribution in [2.75, 3.05) is 26.7 Å². The largest absolute Gasteiger partial charge is 0.504 e. The normalized spacial score (nSPS) is 31.7. The van der Waals surface area contributed by atoms with Crippen molar-refractivity contribution in [2.45, 2.75) is 87.0 Å². The first kappa shape index (κ1) is 25.0. The lowest BCUT2D eigenvalue weighted by Crippen LogP contribution is -2.78. The molecule has 5 atom stereocenters. The molecule has 0 radical (unpaired) electrons. The van der Waals surface area contributed by atoms with Crippen LogP contribution in [0, 0.1) is 0 Å². The third kappa shape index (κ3) is 3.85. The summed E-state index contributed by atoms with van der Waals surface area (Å²) in [4.78, 5) is 4.90. The minimum absolute atomic E-state index is 0.0595. The highest BCUT2D eigenvalue weighted by Gasteiger charge is 2.73. The number of hydrogen-bond acceptors (Lipinski definition) is 5. The standard InChI is InChI=1S/C32H42N2O3/c1-3-19-34-21-18-31-28-24-14-15-26(35)29(28)37-30(31)25(16-17-32(31,36)27(34)22-24)33(2)20-10-5-4-7-11-23-12-8-6-9-13-23/h3,6,8-9,12-15,25,27,30,35-36H,1,4-5,7,10-11,16-22H2,2H3/t25-,27-,30+,31+,32-/m1/s1. The van der Waals surface area contributed by atoms with E-state index >= 15 is 0 Å². The number of likely N-dealkylation sites (tertiary alicyclic amines) is 1. The third-order valence-electron chi connectivity index (χ3n) is 10.0. The van der Waals surface area contributed by atoms with Gasteiger partial charge in [-0.1, -0.05) is 55.3 Å². The number of likely N-dealkylation sites (N-methyl/N-ethyl adjacent to an activating group) is 1. The van der Waals surface area contributed by atoms with Crippen LogP contribution in [0.1, 0.15) is 61.6 Å². The summed E-state index contributed by atoms with van der Waals surface area (Å²) in [5, 5.41) is 23.3. The van der Waals surface area contributed by atoms with Crippen molar-refractivity contribution in [2.24, 2.45) is 0 Å². The van der Waals surface area contributed by atoms with Gasteiger partial charge in [-0.25, -0.2) is 0 Å². The van der Waals surface area contributed by atoms with Gasteiger partial charge in [0.05, 0.1) is 11.0 Å². The van der Waals surface area contributed by atoms with Gasteiger partial charge in [0.1, 0.15) is 6.10 Å². The van der Waals surface area contributed by atoms with E-state index < -0.39 is 11.0 Å². The van der Waals surface area contributed by atoms with Gasteiger partial charge in [-0.15, -0.1) is 6.58 Å². The van der Waals surface area contributed by atoms with Crippen molar-refractivity contribution >= 4 is 0 Å². The van der Waals surface area contributed by atoms with Crippen LogP contribution < -0.4 is 4.74 Å². The maximum Gasteiger partial charge on any atom is 0.165 e. The van der Waals surface area contributed by atoms with Crippen molar-refractivity contribution in [1.29, 1.82) is 0 Å². The van der Waals surface area contributed by atoms with E-state index in [9.17, 15) is 10.2 Å².